The number of carbonyl (C=O) groups is 2. The fraction of sp³-hybridized carbons (Fsp3) is 0.370. The van der Waals surface area contributed by atoms with E-state index in [1.54, 1.807) is 49.4 Å². The number of amides is 1. The molecule has 36 heavy (non-hydrogen) atoms. The highest BCUT2D eigenvalue weighted by Crippen LogP contribution is 2.43. The van der Waals surface area contributed by atoms with E-state index in [2.05, 4.69) is 5.16 Å². The van der Waals surface area contributed by atoms with Gasteiger partial charge in [0.05, 0.1) is 5.02 Å². The molecule has 1 aromatic heterocycles. The molecule has 1 aliphatic rings. The lowest BCUT2D eigenvalue weighted by molar-refractivity contribution is -0.144. The first-order valence-electron chi connectivity index (χ1n) is 11.7. The molecule has 0 radical (unpaired) electrons. The fourth-order valence-corrected chi connectivity index (χ4v) is 5.20. The maximum absolute atomic E-state index is 14.4. The summed E-state index contributed by atoms with van der Waals surface area (Å²) in [5.74, 6) is -1.50. The van der Waals surface area contributed by atoms with Crippen molar-refractivity contribution in [3.05, 3.63) is 76.3 Å². The van der Waals surface area contributed by atoms with Crippen molar-refractivity contribution in [2.45, 2.75) is 50.2 Å². The summed E-state index contributed by atoms with van der Waals surface area (Å²) in [6.45, 7) is 1.59. The summed E-state index contributed by atoms with van der Waals surface area (Å²) >= 11 is 6.31. The molecule has 1 saturated carbocycles. The monoisotopic (exact) mass is 513 g/mol. The standard InChI is InChI=1S/C27H29ClFN3O4/c1-17-22(23(31-36-17)19-9-5-6-10-20(19)28)24(33)35-27(25(30)34)14-12-26(13-15-27,32(2)3)16-18-8-4-7-11-21(18)29/h4-11H,12-16H2,1-3H3,(H2,30,34). The first kappa shape index (κ1) is 25.9. The van der Waals surface area contributed by atoms with Crippen molar-refractivity contribution < 1.29 is 23.2 Å². The smallest absolute Gasteiger partial charge is 0.345 e. The van der Waals surface area contributed by atoms with Crippen LogP contribution in [0.5, 0.6) is 0 Å². The summed E-state index contributed by atoms with van der Waals surface area (Å²) in [6.07, 6.45) is 1.81. The summed E-state index contributed by atoms with van der Waals surface area (Å²) in [5, 5.41) is 4.41. The summed E-state index contributed by atoms with van der Waals surface area (Å²) in [4.78, 5) is 28.1. The number of likely N-dealkylation sites (N-methyl/N-ethyl adjacent to an activating group) is 1. The Balaban J connectivity index is 1.60. The minimum Gasteiger partial charge on any atom is -0.445 e. The van der Waals surface area contributed by atoms with E-state index in [4.69, 9.17) is 26.6 Å². The molecule has 0 saturated heterocycles. The van der Waals surface area contributed by atoms with Crippen molar-refractivity contribution in [3.63, 3.8) is 0 Å². The Kier molecular flexibility index (Phi) is 7.20. The van der Waals surface area contributed by atoms with Gasteiger partial charge >= 0.3 is 5.97 Å². The Morgan fingerprint density at radius 2 is 1.75 bits per heavy atom. The van der Waals surface area contributed by atoms with Gasteiger partial charge in [-0.05, 0) is 70.8 Å². The molecule has 7 nitrogen and oxygen atoms in total. The molecule has 1 heterocycles. The highest BCUT2D eigenvalue weighted by Gasteiger charge is 2.50. The summed E-state index contributed by atoms with van der Waals surface area (Å²) in [6, 6.07) is 13.6. The second kappa shape index (κ2) is 10.0. The van der Waals surface area contributed by atoms with Gasteiger partial charge in [-0.2, -0.15) is 0 Å². The zero-order chi connectivity index (χ0) is 26.1. The van der Waals surface area contributed by atoms with E-state index in [0.29, 0.717) is 35.4 Å². The van der Waals surface area contributed by atoms with E-state index in [-0.39, 0.29) is 35.7 Å². The van der Waals surface area contributed by atoms with Crippen LogP contribution in [0.4, 0.5) is 4.39 Å². The highest BCUT2D eigenvalue weighted by atomic mass is 35.5. The molecular weight excluding hydrogens is 485 g/mol. The Bertz CT molecular complexity index is 1280. The Morgan fingerprint density at radius 3 is 2.36 bits per heavy atom. The van der Waals surface area contributed by atoms with E-state index in [1.165, 1.54) is 6.07 Å². The molecule has 9 heteroatoms. The number of nitrogens with two attached hydrogens (primary N) is 1. The average Bonchev–Trinajstić information content (AvgIpc) is 3.23. The predicted molar refractivity (Wildman–Crippen MR) is 134 cm³/mol. The topological polar surface area (TPSA) is 98.7 Å². The van der Waals surface area contributed by atoms with Crippen molar-refractivity contribution >= 4 is 23.5 Å². The number of aryl methyl sites for hydroxylation is 1. The largest absolute Gasteiger partial charge is 0.445 e. The van der Waals surface area contributed by atoms with Crippen molar-refractivity contribution in [2.24, 2.45) is 5.73 Å². The van der Waals surface area contributed by atoms with Crippen LogP contribution < -0.4 is 5.73 Å². The minimum atomic E-state index is -1.51. The number of hydrogen-bond acceptors (Lipinski definition) is 6. The van der Waals surface area contributed by atoms with Gasteiger partial charge in [0.1, 0.15) is 22.8 Å². The molecular formula is C27H29ClFN3O4. The molecule has 1 fully saturated rings. The van der Waals surface area contributed by atoms with Crippen LogP contribution in [0.15, 0.2) is 53.1 Å². The van der Waals surface area contributed by atoms with Crippen LogP contribution in [0.3, 0.4) is 0 Å². The lowest BCUT2D eigenvalue weighted by atomic mass is 9.70. The third-order valence-corrected chi connectivity index (χ3v) is 7.68. The number of aromatic nitrogens is 1. The number of halogens is 2. The number of hydrogen-bond donors (Lipinski definition) is 1. The van der Waals surface area contributed by atoms with Gasteiger partial charge in [-0.25, -0.2) is 9.18 Å². The lowest BCUT2D eigenvalue weighted by Crippen LogP contribution is -2.57. The highest BCUT2D eigenvalue weighted by molar-refractivity contribution is 6.33. The van der Waals surface area contributed by atoms with Gasteiger partial charge in [-0.15, -0.1) is 0 Å². The molecule has 190 valence electrons. The molecule has 1 amide bonds. The third-order valence-electron chi connectivity index (χ3n) is 7.35. The van der Waals surface area contributed by atoms with Crippen molar-refractivity contribution in [1.82, 2.24) is 10.1 Å². The molecule has 0 bridgehead atoms. The van der Waals surface area contributed by atoms with Gasteiger partial charge in [-0.3, -0.25) is 4.79 Å². The number of nitrogens with zero attached hydrogens (tertiary/aromatic N) is 2. The van der Waals surface area contributed by atoms with Crippen LogP contribution in [0.1, 0.15) is 47.4 Å². The second-order valence-electron chi connectivity index (χ2n) is 9.58. The van der Waals surface area contributed by atoms with E-state index in [0.717, 1.165) is 0 Å². The first-order valence-corrected chi connectivity index (χ1v) is 12.1. The quantitative estimate of drug-likeness (QED) is 0.449. The Hall–Kier alpha value is -3.23. The zero-order valence-electron chi connectivity index (χ0n) is 20.5. The Morgan fingerprint density at radius 1 is 1.11 bits per heavy atom. The van der Waals surface area contributed by atoms with Crippen LogP contribution in [-0.4, -0.2) is 47.2 Å². The van der Waals surface area contributed by atoms with Crippen molar-refractivity contribution in [3.8, 4) is 11.3 Å². The zero-order valence-corrected chi connectivity index (χ0v) is 21.3. The summed E-state index contributed by atoms with van der Waals surface area (Å²) < 4.78 is 25.6. The maximum Gasteiger partial charge on any atom is 0.345 e. The first-order chi connectivity index (χ1) is 17.1. The molecule has 3 aromatic rings. The molecule has 1 aliphatic carbocycles. The predicted octanol–water partition coefficient (Wildman–Crippen LogP) is 4.94. The van der Waals surface area contributed by atoms with Crippen molar-refractivity contribution in [2.75, 3.05) is 14.1 Å². The molecule has 2 N–H and O–H groups in total. The molecule has 0 aliphatic heterocycles. The van der Waals surface area contributed by atoms with Crippen LogP contribution in [-0.2, 0) is 16.0 Å². The van der Waals surface area contributed by atoms with E-state index in [1.807, 2.05) is 19.0 Å². The molecule has 0 spiro atoms. The van der Waals surface area contributed by atoms with Crippen LogP contribution in [0.25, 0.3) is 11.3 Å². The normalized spacial score (nSPS) is 21.9. The van der Waals surface area contributed by atoms with Crippen LogP contribution in [0.2, 0.25) is 5.02 Å². The van der Waals surface area contributed by atoms with Gasteiger partial charge in [0.25, 0.3) is 5.91 Å². The van der Waals surface area contributed by atoms with E-state index >= 15 is 0 Å². The summed E-state index contributed by atoms with van der Waals surface area (Å²) in [5.41, 5.74) is 5.31. The fourth-order valence-electron chi connectivity index (χ4n) is 4.97. The minimum absolute atomic E-state index is 0.0968. The van der Waals surface area contributed by atoms with Gasteiger partial charge in [0.15, 0.2) is 5.60 Å². The number of benzene rings is 2. The third kappa shape index (κ3) is 4.75. The van der Waals surface area contributed by atoms with Gasteiger partial charge in [0.2, 0.25) is 0 Å². The molecule has 2 aromatic carbocycles. The number of ether oxygens (including phenoxy) is 1. The second-order valence-corrected chi connectivity index (χ2v) is 9.98. The van der Waals surface area contributed by atoms with E-state index < -0.39 is 23.0 Å². The van der Waals surface area contributed by atoms with Crippen molar-refractivity contribution in [1.29, 1.82) is 0 Å². The number of esters is 1. The molecule has 0 unspecified atom stereocenters. The number of rotatable bonds is 7. The number of primary amides is 1. The lowest BCUT2D eigenvalue weighted by Gasteiger charge is -2.48. The van der Waals surface area contributed by atoms with Crippen LogP contribution >= 0.6 is 11.6 Å². The van der Waals surface area contributed by atoms with Gasteiger partial charge in [-0.1, -0.05) is 53.2 Å². The Labute approximate surface area is 214 Å². The van der Waals surface area contributed by atoms with E-state index in [9.17, 15) is 14.0 Å². The average molecular weight is 514 g/mol. The maximum atomic E-state index is 14.4. The molecule has 0 atom stereocenters. The number of carbonyl (C=O) groups excluding carboxylic acids is 2. The van der Waals surface area contributed by atoms with Gasteiger partial charge in [0, 0.05) is 11.1 Å². The molecule has 4 rings (SSSR count). The van der Waals surface area contributed by atoms with Crippen LogP contribution in [0, 0.1) is 12.7 Å². The summed E-state index contributed by atoms with van der Waals surface area (Å²) in [7, 11) is 3.86. The van der Waals surface area contributed by atoms with Gasteiger partial charge < -0.3 is 19.9 Å². The SMILES string of the molecule is Cc1onc(-c2ccccc2Cl)c1C(=O)OC1(C(N)=O)CCC(Cc2ccccc2F)(N(C)C)CC1.